The number of rotatable bonds is 3. The van der Waals surface area contributed by atoms with Crippen LogP contribution in [0.1, 0.15) is 6.42 Å². The number of piperazine rings is 1. The summed E-state index contributed by atoms with van der Waals surface area (Å²) < 4.78 is 0. The van der Waals surface area contributed by atoms with Gasteiger partial charge in [0.1, 0.15) is 0 Å². The van der Waals surface area contributed by atoms with Crippen LogP contribution in [-0.2, 0) is 4.79 Å². The highest BCUT2D eigenvalue weighted by Gasteiger charge is 2.31. The average Bonchev–Trinajstić information content (AvgIpc) is 2.90. The van der Waals surface area contributed by atoms with Crippen LogP contribution in [0.15, 0.2) is 24.3 Å². The molecule has 0 aromatic heterocycles. The van der Waals surface area contributed by atoms with Gasteiger partial charge >= 0.3 is 6.03 Å². The summed E-state index contributed by atoms with van der Waals surface area (Å²) in [7, 11) is 2.06. The molecule has 2 fully saturated rings. The molecule has 2 aliphatic heterocycles. The van der Waals surface area contributed by atoms with Gasteiger partial charge in [-0.25, -0.2) is 9.80 Å². The molecule has 0 spiro atoms. The summed E-state index contributed by atoms with van der Waals surface area (Å²) >= 11 is 5.88. The molecule has 2 aliphatic rings. The Morgan fingerprint density at radius 2 is 1.83 bits per heavy atom. The molecule has 8 heteroatoms. The first-order chi connectivity index (χ1) is 11.5. The number of hydrogen-bond donors (Lipinski definition) is 2. The quantitative estimate of drug-likeness (QED) is 0.849. The van der Waals surface area contributed by atoms with E-state index in [1.165, 1.54) is 0 Å². The topological polar surface area (TPSA) is 67.9 Å². The van der Waals surface area contributed by atoms with Crippen molar-refractivity contribution in [1.29, 1.82) is 0 Å². The molecule has 0 bridgehead atoms. The van der Waals surface area contributed by atoms with E-state index in [1.807, 2.05) is 17.1 Å². The van der Waals surface area contributed by atoms with E-state index in [0.29, 0.717) is 18.0 Å². The highest BCUT2D eigenvalue weighted by molar-refractivity contribution is 6.30. The van der Waals surface area contributed by atoms with Gasteiger partial charge in [-0.3, -0.25) is 10.2 Å². The zero-order chi connectivity index (χ0) is 17.1. The van der Waals surface area contributed by atoms with E-state index < -0.39 is 0 Å². The molecule has 2 N–H and O–H groups in total. The van der Waals surface area contributed by atoms with Crippen LogP contribution in [0, 0.1) is 0 Å². The Morgan fingerprint density at radius 3 is 2.50 bits per heavy atom. The summed E-state index contributed by atoms with van der Waals surface area (Å²) in [4.78, 5) is 28.2. The Kier molecular flexibility index (Phi) is 5.23. The van der Waals surface area contributed by atoms with Crippen LogP contribution < -0.4 is 15.6 Å². The van der Waals surface area contributed by atoms with Gasteiger partial charge in [0, 0.05) is 49.9 Å². The van der Waals surface area contributed by atoms with E-state index in [0.717, 1.165) is 31.9 Å². The van der Waals surface area contributed by atoms with Crippen LogP contribution in [0.25, 0.3) is 0 Å². The van der Waals surface area contributed by atoms with Crippen LogP contribution in [0.3, 0.4) is 0 Å². The number of nitrogens with one attached hydrogen (secondary N) is 2. The summed E-state index contributed by atoms with van der Waals surface area (Å²) in [5.74, 6) is 0.00206. The van der Waals surface area contributed by atoms with Gasteiger partial charge in [-0.05, 0) is 31.3 Å². The smallest absolute Gasteiger partial charge is 0.329 e. The number of amides is 3. The largest absolute Gasteiger partial charge is 0.332 e. The Balaban J connectivity index is 1.50. The molecule has 1 atom stereocenters. The molecule has 2 heterocycles. The Morgan fingerprint density at radius 1 is 1.17 bits per heavy atom. The Labute approximate surface area is 146 Å². The van der Waals surface area contributed by atoms with Crippen molar-refractivity contribution in [3.8, 4) is 0 Å². The Bertz CT molecular complexity index is 601. The number of anilines is 1. The van der Waals surface area contributed by atoms with Gasteiger partial charge in [0.05, 0.1) is 6.04 Å². The molecule has 0 saturated carbocycles. The van der Waals surface area contributed by atoms with Gasteiger partial charge < -0.3 is 15.1 Å². The monoisotopic (exact) mass is 351 g/mol. The fraction of sp³-hybridized carbons (Fsp3) is 0.500. The summed E-state index contributed by atoms with van der Waals surface area (Å²) in [6.45, 7) is 3.91. The van der Waals surface area contributed by atoms with Gasteiger partial charge in [-0.2, -0.15) is 0 Å². The first kappa shape index (κ1) is 17.0. The summed E-state index contributed by atoms with van der Waals surface area (Å²) in [5.41, 5.74) is 3.65. The SMILES string of the molecule is CN1CCN(NC(=O)N[C@H]2CC(=O)N(c3ccc(Cl)cc3)C2)CC1. The van der Waals surface area contributed by atoms with Crippen molar-refractivity contribution < 1.29 is 9.59 Å². The summed E-state index contributed by atoms with van der Waals surface area (Å²) in [6.07, 6.45) is 0.304. The van der Waals surface area contributed by atoms with E-state index in [4.69, 9.17) is 11.6 Å². The third-order valence-corrected chi connectivity index (χ3v) is 4.61. The summed E-state index contributed by atoms with van der Waals surface area (Å²) in [5, 5.41) is 5.42. The average molecular weight is 352 g/mol. The van der Waals surface area contributed by atoms with Crippen LogP contribution in [-0.4, -0.2) is 67.7 Å². The number of carbonyl (C=O) groups is 2. The first-order valence-corrected chi connectivity index (χ1v) is 8.45. The predicted molar refractivity (Wildman–Crippen MR) is 92.9 cm³/mol. The van der Waals surface area contributed by atoms with Crippen LogP contribution >= 0.6 is 11.6 Å². The molecule has 24 heavy (non-hydrogen) atoms. The Hall–Kier alpha value is -1.83. The zero-order valence-electron chi connectivity index (χ0n) is 13.7. The van der Waals surface area contributed by atoms with Crippen molar-refractivity contribution in [2.75, 3.05) is 44.7 Å². The molecule has 1 aromatic rings. The van der Waals surface area contributed by atoms with E-state index in [9.17, 15) is 9.59 Å². The number of carbonyl (C=O) groups excluding carboxylic acids is 2. The van der Waals surface area contributed by atoms with Crippen molar-refractivity contribution >= 4 is 29.2 Å². The van der Waals surface area contributed by atoms with Crippen molar-refractivity contribution in [2.24, 2.45) is 0 Å². The molecule has 7 nitrogen and oxygen atoms in total. The third-order valence-electron chi connectivity index (χ3n) is 4.36. The lowest BCUT2D eigenvalue weighted by atomic mass is 10.2. The number of likely N-dealkylation sites (N-methyl/N-ethyl adjacent to an activating group) is 1. The second-order valence-corrected chi connectivity index (χ2v) is 6.69. The minimum Gasteiger partial charge on any atom is -0.332 e. The standard InChI is InChI=1S/C16H22ClN5O2/c1-20-6-8-21(9-7-20)19-16(24)18-13-10-15(23)22(11-13)14-4-2-12(17)3-5-14/h2-5,13H,6-11H2,1H3,(H2,18,19,24)/t13-/m0/s1. The maximum absolute atomic E-state index is 12.2. The van der Waals surface area contributed by atoms with Gasteiger partial charge in [0.25, 0.3) is 0 Å². The van der Waals surface area contributed by atoms with E-state index in [1.54, 1.807) is 17.0 Å². The second-order valence-electron chi connectivity index (χ2n) is 6.26. The first-order valence-electron chi connectivity index (χ1n) is 8.08. The molecular weight excluding hydrogens is 330 g/mol. The number of hydrogen-bond acceptors (Lipinski definition) is 4. The van der Waals surface area contributed by atoms with Crippen LogP contribution in [0.4, 0.5) is 10.5 Å². The molecule has 3 rings (SSSR count). The minimum absolute atomic E-state index is 0.00206. The predicted octanol–water partition coefficient (Wildman–Crippen LogP) is 0.907. The number of nitrogens with zero attached hydrogens (tertiary/aromatic N) is 3. The van der Waals surface area contributed by atoms with Gasteiger partial charge in [-0.15, -0.1) is 0 Å². The zero-order valence-corrected chi connectivity index (χ0v) is 14.4. The lowest BCUT2D eigenvalue weighted by Crippen LogP contribution is -2.56. The normalized spacial score (nSPS) is 22.7. The van der Waals surface area contributed by atoms with Crippen molar-refractivity contribution in [1.82, 2.24) is 20.7 Å². The minimum atomic E-state index is -0.254. The number of hydrazine groups is 1. The van der Waals surface area contributed by atoms with E-state index in [2.05, 4.69) is 22.7 Å². The second kappa shape index (κ2) is 7.38. The third kappa shape index (κ3) is 4.17. The van der Waals surface area contributed by atoms with Gasteiger partial charge in [-0.1, -0.05) is 11.6 Å². The van der Waals surface area contributed by atoms with Crippen LogP contribution in [0.2, 0.25) is 5.02 Å². The highest BCUT2D eigenvalue weighted by Crippen LogP contribution is 2.23. The molecule has 0 aliphatic carbocycles. The van der Waals surface area contributed by atoms with Crippen molar-refractivity contribution in [3.63, 3.8) is 0 Å². The van der Waals surface area contributed by atoms with Gasteiger partial charge in [0.2, 0.25) is 5.91 Å². The molecule has 2 saturated heterocycles. The van der Waals surface area contributed by atoms with Crippen LogP contribution in [0.5, 0.6) is 0 Å². The van der Waals surface area contributed by atoms with E-state index >= 15 is 0 Å². The maximum atomic E-state index is 12.2. The molecule has 130 valence electrons. The van der Waals surface area contributed by atoms with E-state index in [-0.39, 0.29) is 18.0 Å². The van der Waals surface area contributed by atoms with Crippen molar-refractivity contribution in [2.45, 2.75) is 12.5 Å². The number of urea groups is 1. The molecule has 0 radical (unpaired) electrons. The fourth-order valence-electron chi connectivity index (χ4n) is 2.95. The fourth-order valence-corrected chi connectivity index (χ4v) is 3.08. The molecule has 0 unspecified atom stereocenters. The van der Waals surface area contributed by atoms with Gasteiger partial charge in [0.15, 0.2) is 0 Å². The highest BCUT2D eigenvalue weighted by atomic mass is 35.5. The lowest BCUT2D eigenvalue weighted by Gasteiger charge is -2.32. The maximum Gasteiger partial charge on any atom is 0.329 e. The summed E-state index contributed by atoms with van der Waals surface area (Å²) in [6, 6.07) is 6.69. The van der Waals surface area contributed by atoms with Crippen molar-refractivity contribution in [3.05, 3.63) is 29.3 Å². The molecular formula is C16H22ClN5O2. The molecule has 3 amide bonds. The number of benzene rings is 1. The molecule has 1 aromatic carbocycles. The lowest BCUT2D eigenvalue weighted by molar-refractivity contribution is -0.117. The number of halogens is 1.